The van der Waals surface area contributed by atoms with Gasteiger partial charge in [-0.2, -0.15) is 0 Å². The van der Waals surface area contributed by atoms with Crippen LogP contribution in [-0.2, 0) is 13.0 Å². The van der Waals surface area contributed by atoms with E-state index in [2.05, 4.69) is 26.1 Å². The van der Waals surface area contributed by atoms with Crippen LogP contribution in [0.3, 0.4) is 0 Å². The van der Waals surface area contributed by atoms with Crippen LogP contribution >= 0.6 is 11.6 Å². The number of hydrogen-bond acceptors (Lipinski definition) is 2. The number of carbonyl (C=O) groups excluding carboxylic acids is 1. The molecule has 0 aliphatic carbocycles. The van der Waals surface area contributed by atoms with Crippen molar-refractivity contribution < 1.29 is 13.9 Å². The maximum absolute atomic E-state index is 14.7. The Balaban J connectivity index is 1.85. The van der Waals surface area contributed by atoms with Crippen molar-refractivity contribution in [3.05, 3.63) is 99.8 Å². The lowest BCUT2D eigenvalue weighted by Crippen LogP contribution is -2.31. The lowest BCUT2D eigenvalue weighted by atomic mass is 9.95. The van der Waals surface area contributed by atoms with Gasteiger partial charge in [-0.15, -0.1) is 0 Å². The highest BCUT2D eigenvalue weighted by Crippen LogP contribution is 2.27. The van der Waals surface area contributed by atoms with E-state index in [9.17, 15) is 9.18 Å². The minimum absolute atomic E-state index is 0.208. The fraction of sp³-hybridized carbons (Fsp3) is 0.321. The normalized spacial score (nSPS) is 11.9. The van der Waals surface area contributed by atoms with Crippen molar-refractivity contribution in [2.24, 2.45) is 5.92 Å². The molecule has 3 aromatic rings. The number of hydrogen-bond donors (Lipinski definition) is 1. The molecule has 0 aliphatic rings. The first-order chi connectivity index (χ1) is 15.9. The monoisotopic (exact) mass is 467 g/mol. The summed E-state index contributed by atoms with van der Waals surface area (Å²) < 4.78 is 20.5. The Morgan fingerprint density at radius 3 is 2.48 bits per heavy atom. The highest BCUT2D eigenvalue weighted by atomic mass is 35.5. The van der Waals surface area contributed by atoms with Crippen molar-refractivity contribution in [3.63, 3.8) is 0 Å². The minimum Gasteiger partial charge on any atom is -0.489 e. The summed E-state index contributed by atoms with van der Waals surface area (Å²) in [5.74, 6) is 0.426. The summed E-state index contributed by atoms with van der Waals surface area (Å²) in [5.41, 5.74) is 2.93. The first kappa shape index (κ1) is 24.8. The summed E-state index contributed by atoms with van der Waals surface area (Å²) >= 11 is 5.94. The molecule has 0 aliphatic heterocycles. The average Bonchev–Trinajstić information content (AvgIpc) is 2.78. The summed E-state index contributed by atoms with van der Waals surface area (Å²) in [4.78, 5) is 13.4. The van der Waals surface area contributed by atoms with E-state index >= 15 is 0 Å². The summed E-state index contributed by atoms with van der Waals surface area (Å²) in [5, 5.41) is 3.41. The fourth-order valence-corrected chi connectivity index (χ4v) is 4.01. The molecule has 0 bridgehead atoms. The number of ether oxygens (including phenoxy) is 1. The number of amides is 1. The van der Waals surface area contributed by atoms with Gasteiger partial charge in [0.25, 0.3) is 5.91 Å². The molecule has 3 nitrogen and oxygen atoms in total. The van der Waals surface area contributed by atoms with E-state index < -0.39 is 11.9 Å². The zero-order valence-electron chi connectivity index (χ0n) is 19.4. The highest BCUT2D eigenvalue weighted by molar-refractivity contribution is 6.30. The van der Waals surface area contributed by atoms with Gasteiger partial charge >= 0.3 is 0 Å². The number of nitrogens with one attached hydrogen (secondary N) is 1. The lowest BCUT2D eigenvalue weighted by molar-refractivity contribution is 0.0930. The van der Waals surface area contributed by atoms with Crippen LogP contribution in [0.15, 0.2) is 66.7 Å². The van der Waals surface area contributed by atoms with Gasteiger partial charge in [0.05, 0.1) is 6.04 Å². The topological polar surface area (TPSA) is 38.3 Å². The average molecular weight is 468 g/mol. The van der Waals surface area contributed by atoms with Gasteiger partial charge < -0.3 is 10.1 Å². The summed E-state index contributed by atoms with van der Waals surface area (Å²) in [7, 11) is 0. The Hall–Kier alpha value is -2.85. The van der Waals surface area contributed by atoms with Crippen molar-refractivity contribution >= 4 is 17.5 Å². The Morgan fingerprint density at radius 2 is 1.82 bits per heavy atom. The van der Waals surface area contributed by atoms with Crippen LogP contribution in [0, 0.1) is 11.7 Å². The zero-order chi connectivity index (χ0) is 23.8. The number of carbonyl (C=O) groups is 1. The molecule has 3 rings (SSSR count). The van der Waals surface area contributed by atoms with Crippen molar-refractivity contribution in [1.29, 1.82) is 0 Å². The lowest BCUT2D eigenvalue weighted by Gasteiger charge is -2.23. The van der Waals surface area contributed by atoms with Crippen LogP contribution in [0.2, 0.25) is 5.02 Å². The molecule has 174 valence electrons. The van der Waals surface area contributed by atoms with Gasteiger partial charge in [0, 0.05) is 16.1 Å². The quantitative estimate of drug-likeness (QED) is 0.334. The molecule has 1 atom stereocenters. The minimum atomic E-state index is -0.450. The van der Waals surface area contributed by atoms with E-state index in [4.69, 9.17) is 16.3 Å². The van der Waals surface area contributed by atoms with E-state index in [0.717, 1.165) is 29.7 Å². The van der Waals surface area contributed by atoms with Crippen molar-refractivity contribution in [2.75, 3.05) is 0 Å². The van der Waals surface area contributed by atoms with E-state index in [1.807, 2.05) is 48.5 Å². The Kier molecular flexibility index (Phi) is 8.90. The summed E-state index contributed by atoms with van der Waals surface area (Å²) in [6, 6.07) is 19.6. The Bertz CT molecular complexity index is 1070. The van der Waals surface area contributed by atoms with E-state index in [1.165, 1.54) is 6.07 Å². The first-order valence-corrected chi connectivity index (χ1v) is 11.8. The third kappa shape index (κ3) is 7.06. The largest absolute Gasteiger partial charge is 0.489 e. The summed E-state index contributed by atoms with van der Waals surface area (Å²) in [6.07, 6.45) is 2.32. The molecule has 1 amide bonds. The zero-order valence-corrected chi connectivity index (χ0v) is 20.2. The van der Waals surface area contributed by atoms with Gasteiger partial charge in [-0.25, -0.2) is 4.39 Å². The molecule has 0 aromatic heterocycles. The number of aryl methyl sites for hydroxylation is 1. The van der Waals surface area contributed by atoms with E-state index in [1.54, 1.807) is 12.1 Å². The molecule has 0 fully saturated rings. The second kappa shape index (κ2) is 11.9. The van der Waals surface area contributed by atoms with Gasteiger partial charge in [-0.3, -0.25) is 4.79 Å². The van der Waals surface area contributed by atoms with Gasteiger partial charge in [-0.05, 0) is 60.2 Å². The molecule has 5 heteroatoms. The van der Waals surface area contributed by atoms with Gasteiger partial charge in [-0.1, -0.05) is 75.2 Å². The molecule has 33 heavy (non-hydrogen) atoms. The first-order valence-electron chi connectivity index (χ1n) is 11.4. The standard InChI is InChI=1S/C28H31ClFNO2/c1-4-8-21-12-11-20(18-33-23-9-6-5-7-10-23)16-25(21)28(32)31-27(15-19(2)3)24-14-13-22(29)17-26(24)30/h5-7,9-14,16-17,19,27H,4,8,15,18H2,1-3H3,(H,31,32). The second-order valence-electron chi connectivity index (χ2n) is 8.66. The van der Waals surface area contributed by atoms with Crippen LogP contribution in [0.1, 0.15) is 66.7 Å². The Morgan fingerprint density at radius 1 is 1.06 bits per heavy atom. The van der Waals surface area contributed by atoms with E-state index in [0.29, 0.717) is 29.2 Å². The van der Waals surface area contributed by atoms with Crippen LogP contribution in [0.25, 0.3) is 0 Å². The highest BCUT2D eigenvalue weighted by Gasteiger charge is 2.22. The Labute approximate surface area is 200 Å². The molecule has 0 saturated carbocycles. The van der Waals surface area contributed by atoms with Crippen LogP contribution in [-0.4, -0.2) is 5.91 Å². The predicted molar refractivity (Wildman–Crippen MR) is 132 cm³/mol. The molecular weight excluding hydrogens is 437 g/mol. The number of halogens is 2. The SMILES string of the molecule is CCCc1ccc(COc2ccccc2)cc1C(=O)NC(CC(C)C)c1ccc(Cl)cc1F. The number of para-hydroxylation sites is 1. The molecule has 0 radical (unpaired) electrons. The fourth-order valence-electron chi connectivity index (χ4n) is 3.85. The van der Waals surface area contributed by atoms with Crippen molar-refractivity contribution in [2.45, 2.75) is 52.7 Å². The third-order valence-corrected chi connectivity index (χ3v) is 5.67. The summed E-state index contributed by atoms with van der Waals surface area (Å²) in [6.45, 7) is 6.55. The predicted octanol–water partition coefficient (Wildman–Crippen LogP) is 7.53. The van der Waals surface area contributed by atoms with Crippen molar-refractivity contribution in [1.82, 2.24) is 5.32 Å². The maximum atomic E-state index is 14.7. The molecule has 0 saturated heterocycles. The molecule has 1 unspecified atom stereocenters. The molecule has 3 aromatic carbocycles. The van der Waals surface area contributed by atoms with Gasteiger partial charge in [0.1, 0.15) is 18.2 Å². The molecular formula is C28H31ClFNO2. The van der Waals surface area contributed by atoms with Crippen LogP contribution in [0.5, 0.6) is 5.75 Å². The van der Waals surface area contributed by atoms with Crippen LogP contribution in [0.4, 0.5) is 4.39 Å². The van der Waals surface area contributed by atoms with E-state index in [-0.39, 0.29) is 11.8 Å². The maximum Gasteiger partial charge on any atom is 0.252 e. The van der Waals surface area contributed by atoms with Gasteiger partial charge in [0.15, 0.2) is 0 Å². The van der Waals surface area contributed by atoms with Crippen molar-refractivity contribution in [3.8, 4) is 5.75 Å². The second-order valence-corrected chi connectivity index (χ2v) is 9.10. The molecule has 0 spiro atoms. The molecule has 1 N–H and O–H groups in total. The molecule has 0 heterocycles. The third-order valence-electron chi connectivity index (χ3n) is 5.44. The number of benzene rings is 3. The smallest absolute Gasteiger partial charge is 0.252 e. The van der Waals surface area contributed by atoms with Crippen LogP contribution < -0.4 is 10.1 Å². The number of rotatable bonds is 10. The van der Waals surface area contributed by atoms with Gasteiger partial charge in [0.2, 0.25) is 0 Å².